The van der Waals surface area contributed by atoms with Crippen LogP contribution in [-0.2, 0) is 9.53 Å². The molecule has 0 aliphatic carbocycles. The van der Waals surface area contributed by atoms with E-state index in [1.807, 2.05) is 0 Å². The molecule has 0 fully saturated rings. The highest BCUT2D eigenvalue weighted by Gasteiger charge is 1.96. The van der Waals surface area contributed by atoms with Crippen molar-refractivity contribution in [2.75, 3.05) is 13.2 Å². The molecule has 13 heavy (non-hydrogen) atoms. The normalized spacial score (nSPS) is 10.0. The maximum Gasteiger partial charge on any atom is 0.233 e. The van der Waals surface area contributed by atoms with E-state index in [0.717, 1.165) is 38.9 Å². The van der Waals surface area contributed by atoms with Crippen molar-refractivity contribution in [2.45, 2.75) is 39.0 Å². The van der Waals surface area contributed by atoms with Gasteiger partial charge in [-0.1, -0.05) is 13.3 Å². The lowest BCUT2D eigenvalue weighted by molar-refractivity contribution is -0.121. The third-order valence-electron chi connectivity index (χ3n) is 1.75. The van der Waals surface area contributed by atoms with E-state index in [1.165, 1.54) is 0 Å². The number of carbonyl (C=O) groups excluding carboxylic acids is 1. The number of unbranched alkanes of at least 4 members (excludes halogenated alkanes) is 2. The molecule has 3 N–H and O–H groups in total. The van der Waals surface area contributed by atoms with E-state index in [4.69, 9.17) is 10.6 Å². The van der Waals surface area contributed by atoms with Crippen LogP contribution in [0.1, 0.15) is 39.0 Å². The van der Waals surface area contributed by atoms with Crippen LogP contribution in [0, 0.1) is 0 Å². The van der Waals surface area contributed by atoms with Gasteiger partial charge in [0.25, 0.3) is 0 Å². The SMILES string of the molecule is CCCCOCCCCC(=O)NN. The third-order valence-corrected chi connectivity index (χ3v) is 1.75. The number of carbonyl (C=O) groups is 1. The van der Waals surface area contributed by atoms with Gasteiger partial charge in [0.15, 0.2) is 0 Å². The quantitative estimate of drug-likeness (QED) is 0.258. The molecular formula is C9H20N2O2. The fourth-order valence-corrected chi connectivity index (χ4v) is 0.910. The Balaban J connectivity index is 2.95. The largest absolute Gasteiger partial charge is 0.381 e. The minimum atomic E-state index is -0.103. The van der Waals surface area contributed by atoms with Gasteiger partial charge in [0.1, 0.15) is 0 Å². The van der Waals surface area contributed by atoms with Gasteiger partial charge in [-0.25, -0.2) is 5.84 Å². The van der Waals surface area contributed by atoms with Crippen LogP contribution in [0.15, 0.2) is 0 Å². The van der Waals surface area contributed by atoms with Gasteiger partial charge in [-0.2, -0.15) is 0 Å². The molecule has 1 amide bonds. The molecule has 0 saturated carbocycles. The first kappa shape index (κ1) is 12.4. The zero-order valence-electron chi connectivity index (χ0n) is 8.34. The van der Waals surface area contributed by atoms with Crippen molar-refractivity contribution < 1.29 is 9.53 Å². The summed E-state index contributed by atoms with van der Waals surface area (Å²) in [5, 5.41) is 0. The maximum absolute atomic E-state index is 10.7. The summed E-state index contributed by atoms with van der Waals surface area (Å²) in [4.78, 5) is 10.7. The Hall–Kier alpha value is -0.610. The molecule has 0 radical (unpaired) electrons. The number of hydrazine groups is 1. The van der Waals surface area contributed by atoms with Crippen LogP contribution in [0.2, 0.25) is 0 Å². The molecule has 0 aliphatic heterocycles. The molecule has 4 heteroatoms. The summed E-state index contributed by atoms with van der Waals surface area (Å²) in [6.45, 7) is 3.71. The number of nitrogens with one attached hydrogen (secondary N) is 1. The first-order chi connectivity index (χ1) is 6.31. The highest BCUT2D eigenvalue weighted by atomic mass is 16.5. The number of hydrogen-bond acceptors (Lipinski definition) is 3. The van der Waals surface area contributed by atoms with Crippen molar-refractivity contribution in [3.63, 3.8) is 0 Å². The van der Waals surface area contributed by atoms with E-state index < -0.39 is 0 Å². The summed E-state index contributed by atoms with van der Waals surface area (Å²) in [7, 11) is 0. The minimum absolute atomic E-state index is 0.103. The average Bonchev–Trinajstić information content (AvgIpc) is 2.16. The molecule has 0 saturated heterocycles. The smallest absolute Gasteiger partial charge is 0.233 e. The standard InChI is InChI=1S/C9H20N2O2/c1-2-3-7-13-8-5-4-6-9(12)11-10/h2-8,10H2,1H3,(H,11,12). The van der Waals surface area contributed by atoms with E-state index >= 15 is 0 Å². The summed E-state index contributed by atoms with van der Waals surface area (Å²) >= 11 is 0. The Morgan fingerprint density at radius 1 is 1.31 bits per heavy atom. The van der Waals surface area contributed by atoms with Crippen molar-refractivity contribution in [1.29, 1.82) is 0 Å². The van der Waals surface area contributed by atoms with Crippen molar-refractivity contribution in [1.82, 2.24) is 5.43 Å². The van der Waals surface area contributed by atoms with Crippen molar-refractivity contribution >= 4 is 5.91 Å². The summed E-state index contributed by atoms with van der Waals surface area (Å²) in [5.41, 5.74) is 2.10. The lowest BCUT2D eigenvalue weighted by atomic mass is 10.2. The molecule has 0 aromatic rings. The van der Waals surface area contributed by atoms with E-state index in [0.29, 0.717) is 6.42 Å². The molecule has 78 valence electrons. The van der Waals surface area contributed by atoms with Crippen LogP contribution in [0.5, 0.6) is 0 Å². The molecule has 0 aromatic heterocycles. The Bertz CT molecular complexity index is 129. The van der Waals surface area contributed by atoms with Gasteiger partial charge in [0, 0.05) is 19.6 Å². The summed E-state index contributed by atoms with van der Waals surface area (Å²) in [5.74, 6) is 4.82. The molecule has 0 aromatic carbocycles. The van der Waals surface area contributed by atoms with Crippen molar-refractivity contribution in [2.24, 2.45) is 5.84 Å². The van der Waals surface area contributed by atoms with Crippen molar-refractivity contribution in [3.05, 3.63) is 0 Å². The zero-order valence-corrected chi connectivity index (χ0v) is 8.34. The van der Waals surface area contributed by atoms with Gasteiger partial charge in [-0.05, 0) is 19.3 Å². The third kappa shape index (κ3) is 9.30. The lowest BCUT2D eigenvalue weighted by Crippen LogP contribution is -2.29. The second kappa shape index (κ2) is 9.48. The molecule has 0 spiro atoms. The first-order valence-corrected chi connectivity index (χ1v) is 4.88. The highest BCUT2D eigenvalue weighted by molar-refractivity contribution is 5.74. The minimum Gasteiger partial charge on any atom is -0.381 e. The van der Waals surface area contributed by atoms with Gasteiger partial charge < -0.3 is 4.74 Å². The lowest BCUT2D eigenvalue weighted by Gasteiger charge is -2.02. The van der Waals surface area contributed by atoms with Gasteiger partial charge in [-0.15, -0.1) is 0 Å². The number of rotatable bonds is 8. The molecule has 4 nitrogen and oxygen atoms in total. The Kier molecular flexibility index (Phi) is 9.03. The van der Waals surface area contributed by atoms with Crippen LogP contribution in [0.25, 0.3) is 0 Å². The Morgan fingerprint density at radius 2 is 2.00 bits per heavy atom. The van der Waals surface area contributed by atoms with Crippen LogP contribution >= 0.6 is 0 Å². The van der Waals surface area contributed by atoms with Crippen LogP contribution in [0.3, 0.4) is 0 Å². The second-order valence-electron chi connectivity index (χ2n) is 2.99. The molecule has 0 unspecified atom stereocenters. The number of amides is 1. The molecule has 0 atom stereocenters. The Labute approximate surface area is 79.8 Å². The average molecular weight is 188 g/mol. The summed E-state index contributed by atoms with van der Waals surface area (Å²) in [6, 6.07) is 0. The predicted molar refractivity (Wildman–Crippen MR) is 51.9 cm³/mol. The Morgan fingerprint density at radius 3 is 2.62 bits per heavy atom. The van der Waals surface area contributed by atoms with E-state index in [9.17, 15) is 4.79 Å². The molecule has 0 heterocycles. The zero-order chi connectivity index (χ0) is 9.94. The van der Waals surface area contributed by atoms with Crippen LogP contribution < -0.4 is 11.3 Å². The molecular weight excluding hydrogens is 168 g/mol. The number of ether oxygens (including phenoxy) is 1. The topological polar surface area (TPSA) is 64.3 Å². The highest BCUT2D eigenvalue weighted by Crippen LogP contribution is 1.96. The monoisotopic (exact) mass is 188 g/mol. The molecule has 0 bridgehead atoms. The fraction of sp³-hybridized carbons (Fsp3) is 0.889. The summed E-state index contributed by atoms with van der Waals surface area (Å²) in [6.07, 6.45) is 4.54. The fourth-order valence-electron chi connectivity index (χ4n) is 0.910. The van der Waals surface area contributed by atoms with Crippen molar-refractivity contribution in [3.8, 4) is 0 Å². The molecule has 0 aliphatic rings. The van der Waals surface area contributed by atoms with E-state index in [-0.39, 0.29) is 5.91 Å². The maximum atomic E-state index is 10.7. The van der Waals surface area contributed by atoms with Gasteiger partial charge in [-0.3, -0.25) is 10.2 Å². The van der Waals surface area contributed by atoms with E-state index in [1.54, 1.807) is 0 Å². The van der Waals surface area contributed by atoms with Gasteiger partial charge >= 0.3 is 0 Å². The van der Waals surface area contributed by atoms with Gasteiger partial charge in [0.2, 0.25) is 5.91 Å². The predicted octanol–water partition coefficient (Wildman–Crippen LogP) is 0.963. The summed E-state index contributed by atoms with van der Waals surface area (Å²) < 4.78 is 5.33. The van der Waals surface area contributed by atoms with E-state index in [2.05, 4.69) is 12.3 Å². The number of hydrogen-bond donors (Lipinski definition) is 2. The van der Waals surface area contributed by atoms with Gasteiger partial charge in [0.05, 0.1) is 0 Å². The van der Waals surface area contributed by atoms with Crippen LogP contribution in [-0.4, -0.2) is 19.1 Å². The van der Waals surface area contributed by atoms with Crippen LogP contribution in [0.4, 0.5) is 0 Å². The number of nitrogens with two attached hydrogens (primary N) is 1. The second-order valence-corrected chi connectivity index (χ2v) is 2.99. The first-order valence-electron chi connectivity index (χ1n) is 4.88. The molecule has 0 rings (SSSR count).